The fraction of sp³-hybridized carbons (Fsp3) is 0.167. The topological polar surface area (TPSA) is 70.7 Å². The number of H-pyrrole nitrogens is 1. The molecule has 0 saturated heterocycles. The quantitative estimate of drug-likeness (QED) is 0.650. The maximum atomic E-state index is 12.3. The van der Waals surface area contributed by atoms with E-state index >= 15 is 0 Å². The second kappa shape index (κ2) is 8.31. The zero-order valence-electron chi connectivity index (χ0n) is 13.1. The first-order valence-corrected chi connectivity index (χ1v) is 8.66. The van der Waals surface area contributed by atoms with Crippen LogP contribution in [0.25, 0.3) is 0 Å². The number of nitrogens with one attached hydrogen (secondary N) is 2. The normalized spacial score (nSPS) is 11.8. The van der Waals surface area contributed by atoms with Crippen LogP contribution in [0.3, 0.4) is 0 Å². The monoisotopic (exact) mass is 338 g/mol. The predicted octanol–water partition coefficient (Wildman–Crippen LogP) is 3.00. The van der Waals surface area contributed by atoms with Gasteiger partial charge in [0.15, 0.2) is 5.16 Å². The first-order valence-electron chi connectivity index (χ1n) is 7.67. The van der Waals surface area contributed by atoms with Gasteiger partial charge in [0.05, 0.1) is 11.8 Å². The number of hydrogen-bond acceptors (Lipinski definition) is 4. The van der Waals surface area contributed by atoms with Crippen LogP contribution in [0.1, 0.15) is 17.2 Å². The molecule has 2 N–H and O–H groups in total. The van der Waals surface area contributed by atoms with Crippen molar-refractivity contribution in [3.63, 3.8) is 0 Å². The Morgan fingerprint density at radius 3 is 2.46 bits per heavy atom. The Morgan fingerprint density at radius 2 is 1.79 bits per heavy atom. The Morgan fingerprint density at radius 1 is 1.08 bits per heavy atom. The summed E-state index contributed by atoms with van der Waals surface area (Å²) < 4.78 is 0. The number of carbonyl (C=O) groups is 1. The molecule has 6 heteroatoms. The lowest BCUT2D eigenvalue weighted by atomic mass is 9.99. The molecule has 1 amide bonds. The van der Waals surface area contributed by atoms with E-state index in [0.717, 1.165) is 12.0 Å². The first-order chi connectivity index (χ1) is 11.8. The lowest BCUT2D eigenvalue weighted by Crippen LogP contribution is -2.31. The van der Waals surface area contributed by atoms with Crippen LogP contribution in [-0.4, -0.2) is 26.8 Å². The number of amides is 1. The Balaban J connectivity index is 1.66. The molecule has 0 saturated carbocycles. The third kappa shape index (κ3) is 4.70. The molecule has 0 aliphatic carbocycles. The van der Waals surface area contributed by atoms with Crippen LogP contribution in [0.4, 0.5) is 0 Å². The predicted molar refractivity (Wildman–Crippen MR) is 94.6 cm³/mol. The second-order valence-corrected chi connectivity index (χ2v) is 6.26. The highest BCUT2D eigenvalue weighted by Crippen LogP contribution is 2.19. The standard InChI is InChI=1S/C18H18N4OS/c23-17(12-24-18-19-13-20-22-18)21-16(15-9-5-2-6-10-15)11-14-7-3-1-4-8-14/h1-10,13,16H,11-12H2,(H,21,23)(H,19,20,22)/t16-/m1/s1. The van der Waals surface area contributed by atoms with Crippen LogP contribution in [0.2, 0.25) is 0 Å². The van der Waals surface area contributed by atoms with Crippen LogP contribution >= 0.6 is 11.8 Å². The number of benzene rings is 2. The minimum atomic E-state index is -0.0589. The summed E-state index contributed by atoms with van der Waals surface area (Å²) in [4.78, 5) is 16.3. The summed E-state index contributed by atoms with van der Waals surface area (Å²) in [6.45, 7) is 0. The van der Waals surface area contributed by atoms with Crippen molar-refractivity contribution < 1.29 is 4.79 Å². The highest BCUT2D eigenvalue weighted by molar-refractivity contribution is 7.99. The summed E-state index contributed by atoms with van der Waals surface area (Å²) in [5, 5.41) is 10.3. The zero-order chi connectivity index (χ0) is 16.6. The minimum absolute atomic E-state index is 0.0267. The number of aromatic amines is 1. The van der Waals surface area contributed by atoms with Crippen molar-refractivity contribution in [1.29, 1.82) is 0 Å². The molecule has 0 aliphatic rings. The molecule has 24 heavy (non-hydrogen) atoms. The van der Waals surface area contributed by atoms with Gasteiger partial charge in [0, 0.05) is 0 Å². The molecule has 1 aromatic heterocycles. The van der Waals surface area contributed by atoms with E-state index in [4.69, 9.17) is 0 Å². The molecule has 3 aromatic rings. The van der Waals surface area contributed by atoms with Gasteiger partial charge in [0.2, 0.25) is 5.91 Å². The Hall–Kier alpha value is -2.60. The van der Waals surface area contributed by atoms with Crippen molar-refractivity contribution in [2.75, 3.05) is 5.75 Å². The summed E-state index contributed by atoms with van der Waals surface area (Å²) in [7, 11) is 0. The molecule has 1 heterocycles. The van der Waals surface area contributed by atoms with Crippen molar-refractivity contribution in [3.8, 4) is 0 Å². The van der Waals surface area contributed by atoms with Gasteiger partial charge in [-0.15, -0.1) is 0 Å². The molecule has 0 bridgehead atoms. The molecule has 0 aliphatic heterocycles. The average Bonchev–Trinajstić information content (AvgIpc) is 3.15. The summed E-state index contributed by atoms with van der Waals surface area (Å²) in [6.07, 6.45) is 2.19. The van der Waals surface area contributed by atoms with Gasteiger partial charge in [0.1, 0.15) is 6.33 Å². The number of aromatic nitrogens is 3. The smallest absolute Gasteiger partial charge is 0.230 e. The molecular formula is C18H18N4OS. The highest BCUT2D eigenvalue weighted by atomic mass is 32.2. The molecule has 3 rings (SSSR count). The largest absolute Gasteiger partial charge is 0.348 e. The Labute approximate surface area is 144 Å². The maximum Gasteiger partial charge on any atom is 0.230 e. The molecule has 5 nitrogen and oxygen atoms in total. The molecule has 1 atom stereocenters. The van der Waals surface area contributed by atoms with Crippen molar-refractivity contribution in [2.24, 2.45) is 0 Å². The van der Waals surface area contributed by atoms with Crippen molar-refractivity contribution in [1.82, 2.24) is 20.5 Å². The van der Waals surface area contributed by atoms with E-state index in [1.54, 1.807) is 0 Å². The number of hydrogen-bond donors (Lipinski definition) is 2. The van der Waals surface area contributed by atoms with E-state index in [1.165, 1.54) is 23.7 Å². The molecular weight excluding hydrogens is 320 g/mol. The summed E-state index contributed by atoms with van der Waals surface area (Å²) in [5.41, 5.74) is 2.29. The van der Waals surface area contributed by atoms with Gasteiger partial charge in [0.25, 0.3) is 0 Å². The molecule has 0 spiro atoms. The van der Waals surface area contributed by atoms with E-state index < -0.39 is 0 Å². The zero-order valence-corrected chi connectivity index (χ0v) is 13.9. The second-order valence-electron chi connectivity index (χ2n) is 5.30. The van der Waals surface area contributed by atoms with Crippen LogP contribution in [-0.2, 0) is 11.2 Å². The maximum absolute atomic E-state index is 12.3. The van der Waals surface area contributed by atoms with E-state index in [1.807, 2.05) is 48.5 Å². The van der Waals surface area contributed by atoms with Gasteiger partial charge in [-0.1, -0.05) is 72.4 Å². The SMILES string of the molecule is O=C(CSc1ncn[nH]1)N[C@H](Cc1ccccc1)c1ccccc1. The van der Waals surface area contributed by atoms with Gasteiger partial charge < -0.3 is 5.32 Å². The van der Waals surface area contributed by atoms with E-state index in [2.05, 4.69) is 32.6 Å². The molecule has 122 valence electrons. The molecule has 0 fully saturated rings. The third-order valence-corrected chi connectivity index (χ3v) is 4.43. The first kappa shape index (κ1) is 16.3. The Kier molecular flexibility index (Phi) is 5.63. The van der Waals surface area contributed by atoms with Gasteiger partial charge in [-0.05, 0) is 17.5 Å². The van der Waals surface area contributed by atoms with Crippen LogP contribution in [0, 0.1) is 0 Å². The lowest BCUT2D eigenvalue weighted by molar-refractivity contribution is -0.119. The fourth-order valence-electron chi connectivity index (χ4n) is 2.42. The fourth-order valence-corrected chi connectivity index (χ4v) is 3.01. The van der Waals surface area contributed by atoms with Crippen LogP contribution in [0.15, 0.2) is 72.1 Å². The Bertz CT molecular complexity index is 747. The van der Waals surface area contributed by atoms with Gasteiger partial charge in [-0.3, -0.25) is 9.89 Å². The van der Waals surface area contributed by atoms with Crippen molar-refractivity contribution in [3.05, 3.63) is 78.1 Å². The van der Waals surface area contributed by atoms with E-state index in [9.17, 15) is 4.79 Å². The summed E-state index contributed by atoms with van der Waals surface area (Å²) >= 11 is 1.34. The third-order valence-electron chi connectivity index (χ3n) is 3.55. The minimum Gasteiger partial charge on any atom is -0.348 e. The summed E-state index contributed by atoms with van der Waals surface area (Å²) in [6, 6.07) is 20.1. The number of nitrogens with zero attached hydrogens (tertiary/aromatic N) is 2. The van der Waals surface area contributed by atoms with E-state index in [-0.39, 0.29) is 11.9 Å². The molecule has 0 radical (unpaired) electrons. The van der Waals surface area contributed by atoms with Gasteiger partial charge in [-0.2, -0.15) is 5.10 Å². The van der Waals surface area contributed by atoms with Gasteiger partial charge >= 0.3 is 0 Å². The van der Waals surface area contributed by atoms with Crippen LogP contribution < -0.4 is 5.32 Å². The summed E-state index contributed by atoms with van der Waals surface area (Å²) in [5.74, 6) is 0.272. The van der Waals surface area contributed by atoms with Crippen molar-refractivity contribution in [2.45, 2.75) is 17.6 Å². The van der Waals surface area contributed by atoms with E-state index in [0.29, 0.717) is 10.9 Å². The number of thioether (sulfide) groups is 1. The molecule has 2 aromatic carbocycles. The highest BCUT2D eigenvalue weighted by Gasteiger charge is 2.15. The van der Waals surface area contributed by atoms with Crippen molar-refractivity contribution >= 4 is 17.7 Å². The number of rotatable bonds is 7. The number of carbonyl (C=O) groups excluding carboxylic acids is 1. The average molecular weight is 338 g/mol. The van der Waals surface area contributed by atoms with Crippen LogP contribution in [0.5, 0.6) is 0 Å². The molecule has 0 unspecified atom stereocenters. The lowest BCUT2D eigenvalue weighted by Gasteiger charge is -2.19. The van der Waals surface area contributed by atoms with Gasteiger partial charge in [-0.25, -0.2) is 4.98 Å².